The highest BCUT2D eigenvalue weighted by Gasteiger charge is 2.55. The molecule has 2 amide bonds. The highest BCUT2D eigenvalue weighted by molar-refractivity contribution is 5.83. The molecule has 2 fully saturated rings. The third-order valence-electron chi connectivity index (χ3n) is 6.62. The molecule has 6 heteroatoms. The van der Waals surface area contributed by atoms with E-state index in [-0.39, 0.29) is 23.8 Å². The number of aryl methyl sites for hydroxylation is 2. The largest absolute Gasteiger partial charge is 0.484 e. The van der Waals surface area contributed by atoms with E-state index >= 15 is 0 Å². The molecule has 154 valence electrons. The number of nitriles is 1. The van der Waals surface area contributed by atoms with Crippen LogP contribution in [-0.4, -0.2) is 54.4 Å². The lowest BCUT2D eigenvalue weighted by atomic mass is 9.71. The van der Waals surface area contributed by atoms with Gasteiger partial charge in [0.15, 0.2) is 6.61 Å². The summed E-state index contributed by atoms with van der Waals surface area (Å²) in [5, 5.41) is 8.77. The van der Waals surface area contributed by atoms with Crippen LogP contribution in [-0.2, 0) is 22.4 Å². The van der Waals surface area contributed by atoms with Crippen molar-refractivity contribution in [3.8, 4) is 11.8 Å². The van der Waals surface area contributed by atoms with Crippen LogP contribution in [0.3, 0.4) is 0 Å². The zero-order valence-corrected chi connectivity index (χ0v) is 17.4. The molecule has 1 aromatic carbocycles. The zero-order valence-electron chi connectivity index (χ0n) is 17.4. The van der Waals surface area contributed by atoms with Crippen LogP contribution in [0.2, 0.25) is 0 Å². The highest BCUT2D eigenvalue weighted by Crippen LogP contribution is 2.42. The Balaban J connectivity index is 1.21. The van der Waals surface area contributed by atoms with Crippen LogP contribution in [0, 0.1) is 22.2 Å². The molecule has 4 rings (SSSR count). The van der Waals surface area contributed by atoms with E-state index in [9.17, 15) is 9.59 Å². The van der Waals surface area contributed by atoms with Gasteiger partial charge < -0.3 is 14.5 Å². The van der Waals surface area contributed by atoms with Crippen molar-refractivity contribution in [3.05, 3.63) is 29.3 Å². The van der Waals surface area contributed by atoms with Gasteiger partial charge in [-0.2, -0.15) is 5.26 Å². The molecule has 0 radical (unpaired) electrons. The number of carbonyl (C=O) groups excluding carboxylic acids is 2. The summed E-state index contributed by atoms with van der Waals surface area (Å²) in [6.07, 6.45) is 4.40. The lowest BCUT2D eigenvalue weighted by Crippen LogP contribution is -2.74. The third-order valence-corrected chi connectivity index (χ3v) is 6.62. The van der Waals surface area contributed by atoms with Crippen molar-refractivity contribution in [2.75, 3.05) is 32.8 Å². The van der Waals surface area contributed by atoms with Crippen molar-refractivity contribution in [2.24, 2.45) is 10.8 Å². The van der Waals surface area contributed by atoms with Gasteiger partial charge in [-0.05, 0) is 48.9 Å². The van der Waals surface area contributed by atoms with Crippen LogP contribution in [0.15, 0.2) is 18.2 Å². The van der Waals surface area contributed by atoms with Gasteiger partial charge in [0.2, 0.25) is 5.91 Å². The first-order valence-corrected chi connectivity index (χ1v) is 10.5. The average Bonchev–Trinajstić information content (AvgIpc) is 3.10. The van der Waals surface area contributed by atoms with Crippen LogP contribution < -0.4 is 4.74 Å². The molecule has 6 nitrogen and oxygen atoms in total. The standard InChI is InChI=1S/C23H29N3O3/c1-22(2,9-4-10-24)21(28)26-15-23(16-26)13-25(14-23)20(27)12-29-19-8-7-17-5-3-6-18(17)11-19/h7-8,11H,3-6,9,12-16H2,1-2H3. The third kappa shape index (κ3) is 3.83. The predicted octanol–water partition coefficient (Wildman–Crippen LogP) is 2.55. The van der Waals surface area contributed by atoms with Crippen LogP contribution in [0.5, 0.6) is 5.75 Å². The molecule has 2 aliphatic heterocycles. The van der Waals surface area contributed by atoms with Crippen molar-refractivity contribution < 1.29 is 14.3 Å². The first kappa shape index (κ1) is 19.8. The first-order chi connectivity index (χ1) is 13.8. The zero-order chi connectivity index (χ0) is 20.6. The molecule has 0 bridgehead atoms. The summed E-state index contributed by atoms with van der Waals surface area (Å²) < 4.78 is 5.73. The van der Waals surface area contributed by atoms with E-state index < -0.39 is 5.41 Å². The van der Waals surface area contributed by atoms with Crippen molar-refractivity contribution in [2.45, 2.75) is 46.0 Å². The summed E-state index contributed by atoms with van der Waals surface area (Å²) in [4.78, 5) is 28.8. The topological polar surface area (TPSA) is 73.6 Å². The molecule has 0 saturated carbocycles. The van der Waals surface area contributed by atoms with Crippen molar-refractivity contribution in [3.63, 3.8) is 0 Å². The summed E-state index contributed by atoms with van der Waals surface area (Å²) in [7, 11) is 0. The molecule has 3 aliphatic rings. The van der Waals surface area contributed by atoms with Crippen LogP contribution in [0.4, 0.5) is 0 Å². The number of hydrogen-bond donors (Lipinski definition) is 0. The SMILES string of the molecule is CC(C)(CCC#N)C(=O)N1CC2(CN(C(=O)COc3ccc4c(c3)CCC4)C2)C1. The van der Waals surface area contributed by atoms with Gasteiger partial charge in [-0.1, -0.05) is 19.9 Å². The van der Waals surface area contributed by atoms with Gasteiger partial charge in [0.05, 0.1) is 6.07 Å². The second kappa shape index (κ2) is 7.37. The smallest absolute Gasteiger partial charge is 0.260 e. The lowest BCUT2D eigenvalue weighted by Gasteiger charge is -2.60. The Morgan fingerprint density at radius 2 is 1.83 bits per heavy atom. The van der Waals surface area contributed by atoms with Gasteiger partial charge in [0, 0.05) is 43.4 Å². The number of hydrogen-bond acceptors (Lipinski definition) is 4. The van der Waals surface area contributed by atoms with Crippen molar-refractivity contribution in [1.82, 2.24) is 9.80 Å². The Labute approximate surface area is 172 Å². The Hall–Kier alpha value is -2.55. The molecule has 0 atom stereocenters. The Morgan fingerprint density at radius 3 is 2.55 bits per heavy atom. The van der Waals surface area contributed by atoms with Gasteiger partial charge in [0.25, 0.3) is 5.91 Å². The first-order valence-electron chi connectivity index (χ1n) is 10.5. The fraction of sp³-hybridized carbons (Fsp3) is 0.609. The Bertz CT molecular complexity index is 857. The summed E-state index contributed by atoms with van der Waals surface area (Å²) in [5.41, 5.74) is 2.30. The van der Waals surface area contributed by atoms with Crippen LogP contribution in [0.25, 0.3) is 0 Å². The monoisotopic (exact) mass is 395 g/mol. The molecule has 1 aliphatic carbocycles. The minimum absolute atomic E-state index is 0.00949. The van der Waals surface area contributed by atoms with Gasteiger partial charge in [-0.3, -0.25) is 9.59 Å². The average molecular weight is 396 g/mol. The van der Waals surface area contributed by atoms with E-state index in [4.69, 9.17) is 10.00 Å². The molecule has 1 aromatic rings. The lowest BCUT2D eigenvalue weighted by molar-refractivity contribution is -0.174. The molecule has 0 aromatic heterocycles. The summed E-state index contributed by atoms with van der Waals surface area (Å²) >= 11 is 0. The number of ether oxygens (including phenoxy) is 1. The number of benzene rings is 1. The van der Waals surface area contributed by atoms with Crippen LogP contribution in [0.1, 0.15) is 44.2 Å². The molecular weight excluding hydrogens is 366 g/mol. The van der Waals surface area contributed by atoms with Crippen molar-refractivity contribution in [1.29, 1.82) is 5.26 Å². The van der Waals surface area contributed by atoms with Crippen LogP contribution >= 0.6 is 0 Å². The maximum absolute atomic E-state index is 12.7. The van der Waals surface area contributed by atoms with E-state index in [1.54, 1.807) is 0 Å². The molecule has 0 N–H and O–H groups in total. The maximum atomic E-state index is 12.7. The van der Waals surface area contributed by atoms with Gasteiger partial charge >= 0.3 is 0 Å². The minimum Gasteiger partial charge on any atom is -0.484 e. The summed E-state index contributed by atoms with van der Waals surface area (Å²) in [6, 6.07) is 8.25. The number of rotatable bonds is 6. The quantitative estimate of drug-likeness (QED) is 0.742. The fourth-order valence-electron chi connectivity index (χ4n) is 4.82. The predicted molar refractivity (Wildman–Crippen MR) is 108 cm³/mol. The Morgan fingerprint density at radius 1 is 1.14 bits per heavy atom. The van der Waals surface area contributed by atoms with Crippen molar-refractivity contribution >= 4 is 11.8 Å². The number of carbonyl (C=O) groups is 2. The number of amides is 2. The fourth-order valence-corrected chi connectivity index (χ4v) is 4.82. The molecule has 2 heterocycles. The van der Waals surface area contributed by atoms with E-state index in [1.165, 1.54) is 17.5 Å². The van der Waals surface area contributed by atoms with E-state index in [2.05, 4.69) is 18.2 Å². The van der Waals surface area contributed by atoms with E-state index in [0.29, 0.717) is 39.0 Å². The molecular formula is C23H29N3O3. The molecule has 29 heavy (non-hydrogen) atoms. The molecule has 0 unspecified atom stereocenters. The number of likely N-dealkylation sites (tertiary alicyclic amines) is 2. The minimum atomic E-state index is -0.500. The number of nitrogens with zero attached hydrogens (tertiary/aromatic N) is 3. The normalized spacial score (nSPS) is 19.2. The highest BCUT2D eigenvalue weighted by atomic mass is 16.5. The van der Waals surface area contributed by atoms with Gasteiger partial charge in [-0.25, -0.2) is 0 Å². The second-order valence-electron chi connectivity index (χ2n) is 9.53. The van der Waals surface area contributed by atoms with Gasteiger partial charge in [0.1, 0.15) is 5.75 Å². The summed E-state index contributed by atoms with van der Waals surface area (Å²) in [5.74, 6) is 0.896. The maximum Gasteiger partial charge on any atom is 0.260 e. The molecule has 1 spiro atoms. The Kier molecular flexibility index (Phi) is 5.02. The molecule has 2 saturated heterocycles. The summed E-state index contributed by atoms with van der Waals surface area (Å²) in [6.45, 7) is 6.69. The van der Waals surface area contributed by atoms with E-state index in [1.807, 2.05) is 29.7 Å². The van der Waals surface area contributed by atoms with E-state index in [0.717, 1.165) is 18.6 Å². The number of fused-ring (bicyclic) bond motifs is 1. The second-order valence-corrected chi connectivity index (χ2v) is 9.53. The van der Waals surface area contributed by atoms with Gasteiger partial charge in [-0.15, -0.1) is 0 Å².